The van der Waals surface area contributed by atoms with Crippen molar-refractivity contribution in [2.24, 2.45) is 0 Å². The van der Waals surface area contributed by atoms with E-state index >= 15 is 0 Å². The van der Waals surface area contributed by atoms with E-state index in [1.54, 1.807) is 44.2 Å². The van der Waals surface area contributed by atoms with E-state index in [1.807, 2.05) is 0 Å². The highest BCUT2D eigenvalue weighted by Crippen LogP contribution is 2.37. The maximum atomic E-state index is 12.1. The van der Waals surface area contributed by atoms with Gasteiger partial charge in [-0.25, -0.2) is 0 Å². The Morgan fingerprint density at radius 2 is 1.84 bits per heavy atom. The molecule has 8 heteroatoms. The van der Waals surface area contributed by atoms with Crippen molar-refractivity contribution in [3.8, 4) is 0 Å². The van der Waals surface area contributed by atoms with Crippen LogP contribution in [0, 0.1) is 0 Å². The summed E-state index contributed by atoms with van der Waals surface area (Å²) in [6.45, 7) is 3.09. The standard InChI is InChI=1S/C17H22N2O6/c1-17(2)24-13-11(9-20)23-16(14(13)25-17)19-12(21)8-18-15(22)10-6-4-3-5-7-10/h3-7,11,13-14,16,20H,8-9H2,1-2H3,(H,18,22)(H,19,21)/t11-,13+,14-,16+/m1/s1. The molecule has 0 aromatic heterocycles. The number of hydrogen-bond donors (Lipinski definition) is 3. The van der Waals surface area contributed by atoms with E-state index in [4.69, 9.17) is 14.2 Å². The summed E-state index contributed by atoms with van der Waals surface area (Å²) in [5, 5.41) is 14.6. The largest absolute Gasteiger partial charge is 0.394 e. The fourth-order valence-corrected chi connectivity index (χ4v) is 3.01. The molecule has 0 spiro atoms. The summed E-state index contributed by atoms with van der Waals surface area (Å²) >= 11 is 0. The molecule has 0 radical (unpaired) electrons. The van der Waals surface area contributed by atoms with Crippen molar-refractivity contribution in [2.75, 3.05) is 13.2 Å². The molecule has 2 aliphatic heterocycles. The molecule has 2 heterocycles. The van der Waals surface area contributed by atoms with Crippen molar-refractivity contribution in [1.82, 2.24) is 10.6 Å². The van der Waals surface area contributed by atoms with Crippen LogP contribution in [0.1, 0.15) is 24.2 Å². The molecule has 3 rings (SSSR count). The molecule has 1 aromatic rings. The summed E-state index contributed by atoms with van der Waals surface area (Å²) < 4.78 is 17.1. The van der Waals surface area contributed by atoms with E-state index in [9.17, 15) is 14.7 Å². The molecule has 136 valence electrons. The zero-order chi connectivity index (χ0) is 18.0. The lowest BCUT2D eigenvalue weighted by molar-refractivity contribution is -0.194. The van der Waals surface area contributed by atoms with Gasteiger partial charge in [0.15, 0.2) is 12.0 Å². The topological polar surface area (TPSA) is 106 Å². The molecule has 8 nitrogen and oxygen atoms in total. The average molecular weight is 350 g/mol. The maximum Gasteiger partial charge on any atom is 0.251 e. The molecule has 2 amide bonds. The molecule has 0 bridgehead atoms. The summed E-state index contributed by atoms with van der Waals surface area (Å²) in [4.78, 5) is 24.1. The van der Waals surface area contributed by atoms with Gasteiger partial charge in [-0.2, -0.15) is 0 Å². The van der Waals surface area contributed by atoms with E-state index in [1.165, 1.54) is 0 Å². The first-order valence-electron chi connectivity index (χ1n) is 8.14. The first-order chi connectivity index (χ1) is 11.9. The number of aliphatic hydroxyl groups is 1. The van der Waals surface area contributed by atoms with Gasteiger partial charge in [-0.15, -0.1) is 0 Å². The van der Waals surface area contributed by atoms with Gasteiger partial charge in [0, 0.05) is 5.56 Å². The normalized spacial score (nSPS) is 29.9. The molecular formula is C17H22N2O6. The molecule has 4 atom stereocenters. The Morgan fingerprint density at radius 1 is 1.16 bits per heavy atom. The van der Waals surface area contributed by atoms with E-state index < -0.39 is 36.2 Å². The molecule has 2 aliphatic rings. The monoisotopic (exact) mass is 350 g/mol. The van der Waals surface area contributed by atoms with Crippen LogP contribution in [0.3, 0.4) is 0 Å². The van der Waals surface area contributed by atoms with Gasteiger partial charge in [-0.1, -0.05) is 18.2 Å². The highest BCUT2D eigenvalue weighted by molar-refractivity contribution is 5.96. The van der Waals surface area contributed by atoms with Crippen molar-refractivity contribution >= 4 is 11.8 Å². The first-order valence-corrected chi connectivity index (χ1v) is 8.14. The number of hydrogen-bond acceptors (Lipinski definition) is 6. The smallest absolute Gasteiger partial charge is 0.251 e. The minimum absolute atomic E-state index is 0.195. The van der Waals surface area contributed by atoms with Crippen molar-refractivity contribution in [2.45, 2.75) is 44.2 Å². The lowest BCUT2D eigenvalue weighted by Gasteiger charge is -2.24. The Bertz CT molecular complexity index is 635. The number of amides is 2. The van der Waals surface area contributed by atoms with Crippen LogP contribution in [0.4, 0.5) is 0 Å². The highest BCUT2D eigenvalue weighted by atomic mass is 16.8. The number of benzene rings is 1. The number of aliphatic hydroxyl groups excluding tert-OH is 1. The van der Waals surface area contributed by atoms with Crippen LogP contribution in [0.25, 0.3) is 0 Å². The third-order valence-corrected chi connectivity index (χ3v) is 4.08. The van der Waals surface area contributed by atoms with Gasteiger partial charge in [-0.05, 0) is 26.0 Å². The Labute approximate surface area is 145 Å². The predicted octanol–water partition coefficient (Wildman–Crippen LogP) is -0.230. The second-order valence-corrected chi connectivity index (χ2v) is 6.46. The van der Waals surface area contributed by atoms with E-state index in [2.05, 4.69) is 10.6 Å². The SMILES string of the molecule is CC1(C)O[C@@H]2[C@@H](O1)[C@@H](NC(=O)CNC(=O)c1ccccc1)O[C@@H]2CO. The summed E-state index contributed by atoms with van der Waals surface area (Å²) in [6.07, 6.45) is -2.29. The van der Waals surface area contributed by atoms with Crippen LogP contribution < -0.4 is 10.6 Å². The summed E-state index contributed by atoms with van der Waals surface area (Å²) in [5.41, 5.74) is 0.474. The second-order valence-electron chi connectivity index (χ2n) is 6.46. The third-order valence-electron chi connectivity index (χ3n) is 4.08. The molecule has 1 aromatic carbocycles. The van der Waals surface area contributed by atoms with Crippen LogP contribution in [0.5, 0.6) is 0 Å². The predicted molar refractivity (Wildman–Crippen MR) is 86.5 cm³/mol. The van der Waals surface area contributed by atoms with Gasteiger partial charge >= 0.3 is 0 Å². The lowest BCUT2D eigenvalue weighted by atomic mass is 10.1. The van der Waals surface area contributed by atoms with Gasteiger partial charge in [0.1, 0.15) is 18.3 Å². The second kappa shape index (κ2) is 7.09. The number of fused-ring (bicyclic) bond motifs is 1. The van der Waals surface area contributed by atoms with E-state index in [0.29, 0.717) is 5.56 Å². The number of nitrogens with one attached hydrogen (secondary N) is 2. The lowest BCUT2D eigenvalue weighted by Crippen LogP contribution is -2.47. The van der Waals surface area contributed by atoms with Gasteiger partial charge in [0.25, 0.3) is 5.91 Å². The Hall–Kier alpha value is -2.00. The highest BCUT2D eigenvalue weighted by Gasteiger charge is 2.55. The van der Waals surface area contributed by atoms with Crippen LogP contribution in [0.15, 0.2) is 30.3 Å². The molecule has 2 fully saturated rings. The molecule has 3 N–H and O–H groups in total. The van der Waals surface area contributed by atoms with Gasteiger partial charge in [0.2, 0.25) is 5.91 Å². The van der Waals surface area contributed by atoms with Crippen LogP contribution in [-0.2, 0) is 19.0 Å². The van der Waals surface area contributed by atoms with E-state index in [0.717, 1.165) is 0 Å². The maximum absolute atomic E-state index is 12.1. The molecule has 0 aliphatic carbocycles. The van der Waals surface area contributed by atoms with Crippen molar-refractivity contribution in [3.05, 3.63) is 35.9 Å². The van der Waals surface area contributed by atoms with Crippen LogP contribution >= 0.6 is 0 Å². The number of carbonyl (C=O) groups excluding carboxylic acids is 2. The number of rotatable bonds is 5. The Balaban J connectivity index is 1.53. The Kier molecular flexibility index (Phi) is 5.05. The fraction of sp³-hybridized carbons (Fsp3) is 0.529. The van der Waals surface area contributed by atoms with Crippen LogP contribution in [-0.4, -0.2) is 60.4 Å². The van der Waals surface area contributed by atoms with Gasteiger partial charge in [-0.3, -0.25) is 9.59 Å². The Morgan fingerprint density at radius 3 is 2.52 bits per heavy atom. The molecule has 0 unspecified atom stereocenters. The van der Waals surface area contributed by atoms with E-state index in [-0.39, 0.29) is 19.1 Å². The minimum atomic E-state index is -0.808. The molecule has 25 heavy (non-hydrogen) atoms. The molecule has 0 saturated carbocycles. The van der Waals surface area contributed by atoms with Crippen molar-refractivity contribution < 1.29 is 28.9 Å². The summed E-state index contributed by atoms with van der Waals surface area (Å²) in [6, 6.07) is 8.62. The van der Waals surface area contributed by atoms with Crippen molar-refractivity contribution in [3.63, 3.8) is 0 Å². The summed E-state index contributed by atoms with van der Waals surface area (Å²) in [7, 11) is 0. The molecular weight excluding hydrogens is 328 g/mol. The van der Waals surface area contributed by atoms with Crippen molar-refractivity contribution in [1.29, 1.82) is 0 Å². The first kappa shape index (κ1) is 17.8. The fourth-order valence-electron chi connectivity index (χ4n) is 3.01. The summed E-state index contributed by atoms with van der Waals surface area (Å²) in [5.74, 6) is -1.56. The minimum Gasteiger partial charge on any atom is -0.394 e. The van der Waals surface area contributed by atoms with Gasteiger partial charge in [0.05, 0.1) is 13.2 Å². The zero-order valence-corrected chi connectivity index (χ0v) is 14.1. The molecule has 2 saturated heterocycles. The quantitative estimate of drug-likeness (QED) is 0.677. The zero-order valence-electron chi connectivity index (χ0n) is 14.1. The van der Waals surface area contributed by atoms with Crippen LogP contribution in [0.2, 0.25) is 0 Å². The average Bonchev–Trinajstić information content (AvgIpc) is 3.07. The number of carbonyl (C=O) groups is 2. The number of ether oxygens (including phenoxy) is 3. The third kappa shape index (κ3) is 3.98. The van der Waals surface area contributed by atoms with Gasteiger partial charge < -0.3 is 30.0 Å².